The van der Waals surface area contributed by atoms with Gasteiger partial charge in [-0.15, -0.1) is 0 Å². The van der Waals surface area contributed by atoms with Crippen molar-refractivity contribution in [1.82, 2.24) is 9.55 Å². The minimum absolute atomic E-state index is 0.000952. The average Bonchev–Trinajstić information content (AvgIpc) is 3.32. The maximum absolute atomic E-state index is 13.6. The highest BCUT2D eigenvalue weighted by Gasteiger charge is 2.45. The molecule has 2 aromatic carbocycles. The molecule has 0 unspecified atom stereocenters. The van der Waals surface area contributed by atoms with E-state index in [0.29, 0.717) is 11.4 Å². The van der Waals surface area contributed by atoms with E-state index in [9.17, 15) is 9.18 Å². The third-order valence-electron chi connectivity index (χ3n) is 4.55. The molecule has 26 heavy (non-hydrogen) atoms. The topological polar surface area (TPSA) is 56.2 Å². The number of carbonyl (C=O) groups excluding carboxylic acids is 1. The maximum atomic E-state index is 13.6. The molecule has 132 valence electrons. The van der Waals surface area contributed by atoms with Gasteiger partial charge in [0.05, 0.1) is 6.33 Å². The number of halogens is 1. The van der Waals surface area contributed by atoms with Crippen molar-refractivity contribution in [2.24, 2.45) is 13.0 Å². The number of aryl methyl sites for hydroxylation is 1. The Hall–Kier alpha value is -3.15. The fourth-order valence-corrected chi connectivity index (χ4v) is 3.03. The molecule has 2 atom stereocenters. The number of nitrogens with zero attached hydrogens (tertiary/aromatic N) is 2. The van der Waals surface area contributed by atoms with Gasteiger partial charge in [-0.2, -0.15) is 0 Å². The Morgan fingerprint density at radius 1 is 1.23 bits per heavy atom. The molecule has 1 amide bonds. The van der Waals surface area contributed by atoms with Crippen molar-refractivity contribution in [2.45, 2.75) is 12.3 Å². The predicted molar refractivity (Wildman–Crippen MR) is 95.6 cm³/mol. The van der Waals surface area contributed by atoms with Crippen LogP contribution in [0.15, 0.2) is 61.1 Å². The highest BCUT2D eigenvalue weighted by Crippen LogP contribution is 2.47. The van der Waals surface area contributed by atoms with Crippen molar-refractivity contribution in [2.75, 3.05) is 5.32 Å². The van der Waals surface area contributed by atoms with E-state index in [4.69, 9.17) is 4.74 Å². The SMILES string of the molecule is Cn1cncc1[C@@H]1C[C@H]1C(=O)Nc1ccc(Oc2ccccc2F)cc1. The summed E-state index contributed by atoms with van der Waals surface area (Å²) in [5.41, 5.74) is 1.77. The Labute approximate surface area is 150 Å². The third kappa shape index (κ3) is 3.31. The molecular weight excluding hydrogens is 333 g/mol. The molecule has 5 nitrogen and oxygen atoms in total. The molecule has 1 heterocycles. The van der Waals surface area contributed by atoms with E-state index in [1.54, 1.807) is 48.8 Å². The van der Waals surface area contributed by atoms with Gasteiger partial charge in [0.1, 0.15) is 5.75 Å². The lowest BCUT2D eigenvalue weighted by atomic mass is 10.2. The first-order chi connectivity index (χ1) is 12.6. The first kappa shape index (κ1) is 16.3. The summed E-state index contributed by atoms with van der Waals surface area (Å²) in [6.45, 7) is 0. The predicted octanol–water partition coefficient (Wildman–Crippen LogP) is 4.09. The summed E-state index contributed by atoms with van der Waals surface area (Å²) < 4.78 is 21.1. The lowest BCUT2D eigenvalue weighted by Gasteiger charge is -2.09. The van der Waals surface area contributed by atoms with Crippen LogP contribution in [0.5, 0.6) is 11.5 Å². The number of hydrogen-bond donors (Lipinski definition) is 1. The number of rotatable bonds is 5. The Bertz CT molecular complexity index is 936. The first-order valence-electron chi connectivity index (χ1n) is 8.41. The molecule has 0 spiro atoms. The van der Waals surface area contributed by atoms with Gasteiger partial charge in [-0.25, -0.2) is 9.37 Å². The minimum atomic E-state index is -0.417. The maximum Gasteiger partial charge on any atom is 0.228 e. The molecule has 1 aromatic heterocycles. The standard InChI is InChI=1S/C20H18FN3O2/c1-24-12-22-11-18(24)15-10-16(15)20(25)23-13-6-8-14(9-7-13)26-19-5-3-2-4-17(19)21/h2-9,11-12,15-16H,10H2,1H3,(H,23,25)/t15-,16-/m1/s1. The summed E-state index contributed by atoms with van der Waals surface area (Å²) in [5.74, 6) is 0.457. The van der Waals surface area contributed by atoms with Gasteiger partial charge < -0.3 is 14.6 Å². The number of carbonyl (C=O) groups is 1. The van der Waals surface area contributed by atoms with Gasteiger partial charge in [0.2, 0.25) is 5.91 Å². The average molecular weight is 351 g/mol. The Balaban J connectivity index is 1.37. The number of benzene rings is 2. The van der Waals surface area contributed by atoms with E-state index in [1.165, 1.54) is 6.07 Å². The van der Waals surface area contributed by atoms with Crippen molar-refractivity contribution < 1.29 is 13.9 Å². The van der Waals surface area contributed by atoms with Crippen LogP contribution in [0.1, 0.15) is 18.0 Å². The van der Waals surface area contributed by atoms with E-state index in [0.717, 1.165) is 12.1 Å². The summed E-state index contributed by atoms with van der Waals surface area (Å²) >= 11 is 0. The zero-order chi connectivity index (χ0) is 18.1. The van der Waals surface area contributed by atoms with Crippen molar-refractivity contribution >= 4 is 11.6 Å². The molecule has 1 fully saturated rings. The fraction of sp³-hybridized carbons (Fsp3) is 0.200. The highest BCUT2D eigenvalue weighted by atomic mass is 19.1. The summed E-state index contributed by atoms with van der Waals surface area (Å²) in [4.78, 5) is 16.5. The van der Waals surface area contributed by atoms with Crippen LogP contribution in [0, 0.1) is 11.7 Å². The monoisotopic (exact) mass is 351 g/mol. The molecule has 0 saturated heterocycles. The van der Waals surface area contributed by atoms with E-state index in [2.05, 4.69) is 10.3 Å². The van der Waals surface area contributed by atoms with Crippen LogP contribution in [0.2, 0.25) is 0 Å². The number of hydrogen-bond acceptors (Lipinski definition) is 3. The molecular formula is C20H18FN3O2. The first-order valence-corrected chi connectivity index (χ1v) is 8.41. The van der Waals surface area contributed by atoms with Crippen LogP contribution in [-0.4, -0.2) is 15.5 Å². The second-order valence-corrected chi connectivity index (χ2v) is 6.42. The minimum Gasteiger partial charge on any atom is -0.454 e. The Morgan fingerprint density at radius 3 is 2.69 bits per heavy atom. The van der Waals surface area contributed by atoms with E-state index in [-0.39, 0.29) is 23.5 Å². The van der Waals surface area contributed by atoms with Gasteiger partial charge in [-0.1, -0.05) is 12.1 Å². The second kappa shape index (κ2) is 6.63. The van der Waals surface area contributed by atoms with Crippen LogP contribution in [-0.2, 0) is 11.8 Å². The van der Waals surface area contributed by atoms with E-state index < -0.39 is 5.82 Å². The molecule has 1 N–H and O–H groups in total. The lowest BCUT2D eigenvalue weighted by molar-refractivity contribution is -0.117. The molecule has 3 aromatic rings. The number of aromatic nitrogens is 2. The Morgan fingerprint density at radius 2 is 2.00 bits per heavy atom. The van der Waals surface area contributed by atoms with Gasteiger partial charge >= 0.3 is 0 Å². The number of ether oxygens (including phenoxy) is 1. The number of nitrogens with one attached hydrogen (secondary N) is 1. The van der Waals surface area contributed by atoms with Crippen LogP contribution >= 0.6 is 0 Å². The van der Waals surface area contributed by atoms with Gasteiger partial charge in [0.25, 0.3) is 0 Å². The quantitative estimate of drug-likeness (QED) is 0.753. The largest absolute Gasteiger partial charge is 0.454 e. The summed E-state index contributed by atoms with van der Waals surface area (Å²) in [6.07, 6.45) is 4.39. The van der Waals surface area contributed by atoms with Crippen LogP contribution in [0.25, 0.3) is 0 Å². The summed E-state index contributed by atoms with van der Waals surface area (Å²) in [7, 11) is 1.93. The molecule has 1 saturated carbocycles. The van der Waals surface area contributed by atoms with E-state index >= 15 is 0 Å². The highest BCUT2D eigenvalue weighted by molar-refractivity contribution is 5.95. The lowest BCUT2D eigenvalue weighted by Crippen LogP contribution is -2.14. The number of amides is 1. The number of para-hydroxylation sites is 1. The van der Waals surface area contributed by atoms with Crippen molar-refractivity contribution in [1.29, 1.82) is 0 Å². The smallest absolute Gasteiger partial charge is 0.228 e. The molecule has 4 rings (SSSR count). The normalized spacial score (nSPS) is 18.4. The van der Waals surface area contributed by atoms with E-state index in [1.807, 2.05) is 17.8 Å². The zero-order valence-corrected chi connectivity index (χ0v) is 14.2. The van der Waals surface area contributed by atoms with Crippen molar-refractivity contribution in [3.8, 4) is 11.5 Å². The molecule has 0 radical (unpaired) electrons. The van der Waals surface area contributed by atoms with Gasteiger partial charge in [-0.3, -0.25) is 4.79 Å². The molecule has 1 aliphatic rings. The van der Waals surface area contributed by atoms with Gasteiger partial charge in [-0.05, 0) is 42.8 Å². The van der Waals surface area contributed by atoms with Gasteiger partial charge in [0, 0.05) is 36.5 Å². The summed E-state index contributed by atoms with van der Waals surface area (Å²) in [5, 5.41) is 2.92. The third-order valence-corrected chi connectivity index (χ3v) is 4.55. The fourth-order valence-electron chi connectivity index (χ4n) is 3.03. The number of imidazole rings is 1. The molecule has 1 aliphatic carbocycles. The number of anilines is 1. The van der Waals surface area contributed by atoms with Crippen molar-refractivity contribution in [3.05, 3.63) is 72.6 Å². The molecule has 0 aliphatic heterocycles. The van der Waals surface area contributed by atoms with Crippen LogP contribution in [0.4, 0.5) is 10.1 Å². The molecule has 6 heteroatoms. The van der Waals surface area contributed by atoms with Gasteiger partial charge in [0.15, 0.2) is 11.6 Å². The molecule has 0 bridgehead atoms. The zero-order valence-electron chi connectivity index (χ0n) is 14.2. The van der Waals surface area contributed by atoms with Crippen LogP contribution < -0.4 is 10.1 Å². The Kier molecular flexibility index (Phi) is 4.16. The van der Waals surface area contributed by atoms with Crippen LogP contribution in [0.3, 0.4) is 0 Å². The summed E-state index contributed by atoms with van der Waals surface area (Å²) in [6, 6.07) is 13.1. The van der Waals surface area contributed by atoms with Crippen molar-refractivity contribution in [3.63, 3.8) is 0 Å². The second-order valence-electron chi connectivity index (χ2n) is 6.42.